The van der Waals surface area contributed by atoms with Crippen LogP contribution in [0.4, 0.5) is 4.79 Å². The molecule has 6 heteroatoms. The molecule has 0 aliphatic heterocycles. The second-order valence-electron chi connectivity index (χ2n) is 13.1. The topological polar surface area (TPSA) is 35.5 Å². The Morgan fingerprint density at radius 3 is 2.49 bits per heavy atom. The van der Waals surface area contributed by atoms with Crippen molar-refractivity contribution in [3.8, 4) is 0 Å². The lowest BCUT2D eigenvalue weighted by Gasteiger charge is -2.58. The number of hydrogen-bond acceptors (Lipinski definition) is 3. The van der Waals surface area contributed by atoms with Crippen LogP contribution in [0.5, 0.6) is 0 Å². The fourth-order valence-corrected chi connectivity index (χ4v) is 9.20. The third-order valence-electron chi connectivity index (χ3n) is 10.7. The van der Waals surface area contributed by atoms with Crippen LogP contribution in [0, 0.1) is 46.3 Å². The molecule has 0 spiro atoms. The number of carbonyl (C=O) groups excluding carboxylic acids is 1. The van der Waals surface area contributed by atoms with Gasteiger partial charge in [0.2, 0.25) is 0 Å². The smallest absolute Gasteiger partial charge is 0.431 e. The van der Waals surface area contributed by atoms with Crippen molar-refractivity contribution in [1.29, 1.82) is 0 Å². The number of hydrogen-bond donors (Lipinski definition) is 0. The van der Waals surface area contributed by atoms with Gasteiger partial charge in [0, 0.05) is 6.42 Å². The number of ether oxygens (including phenoxy) is 2. The van der Waals surface area contributed by atoms with Gasteiger partial charge >= 0.3 is 10.1 Å². The van der Waals surface area contributed by atoms with Crippen LogP contribution in [0.3, 0.4) is 0 Å². The first-order valence-corrected chi connectivity index (χ1v) is 15.1. The second-order valence-corrected chi connectivity index (χ2v) is 15.2. The molecular formula is C29H45Cl3O3. The number of carbonyl (C=O) groups is 1. The Kier molecular flexibility index (Phi) is 8.42. The molecule has 4 aliphatic rings. The number of rotatable bonds is 6. The Balaban J connectivity index is 1.42. The zero-order chi connectivity index (χ0) is 25.6. The van der Waals surface area contributed by atoms with E-state index < -0.39 is 10.1 Å². The minimum atomic E-state index is -2.09. The molecule has 0 bridgehead atoms. The first kappa shape index (κ1) is 27.9. The molecule has 0 radical (unpaired) electrons. The van der Waals surface area contributed by atoms with Crippen LogP contribution in [0.25, 0.3) is 0 Å². The van der Waals surface area contributed by atoms with E-state index in [1.165, 1.54) is 56.9 Å². The summed E-state index contributed by atoms with van der Waals surface area (Å²) in [5.41, 5.74) is 2.18. The normalized spacial score (nSPS) is 39.8. The van der Waals surface area contributed by atoms with Gasteiger partial charge in [-0.15, -0.1) is 0 Å². The lowest BCUT2D eigenvalue weighted by Crippen LogP contribution is -2.51. The molecule has 0 aromatic carbocycles. The summed E-state index contributed by atoms with van der Waals surface area (Å²) in [6.07, 6.45) is 14.9. The van der Waals surface area contributed by atoms with Gasteiger partial charge in [0.15, 0.2) is 0 Å². The van der Waals surface area contributed by atoms with Crippen molar-refractivity contribution in [3.63, 3.8) is 0 Å². The highest BCUT2D eigenvalue weighted by Gasteiger charge is 2.59. The summed E-state index contributed by atoms with van der Waals surface area (Å²) >= 11 is 16.7. The fraction of sp³-hybridized carbons (Fsp3) is 0.897. The van der Waals surface area contributed by atoms with Gasteiger partial charge in [-0.2, -0.15) is 0 Å². The number of alkyl halides is 3. The van der Waals surface area contributed by atoms with E-state index in [1.54, 1.807) is 0 Å². The van der Waals surface area contributed by atoms with E-state index in [0.29, 0.717) is 5.41 Å². The number of fused-ring (bicyclic) bond motifs is 5. The molecular weight excluding hydrogens is 503 g/mol. The van der Waals surface area contributed by atoms with Crippen LogP contribution in [0.1, 0.15) is 105 Å². The zero-order valence-corrected chi connectivity index (χ0v) is 24.5. The maximum absolute atomic E-state index is 12.0. The van der Waals surface area contributed by atoms with Gasteiger partial charge in [-0.25, -0.2) is 4.79 Å². The summed E-state index contributed by atoms with van der Waals surface area (Å²) in [4.78, 5) is 12.0. The number of allylic oxidation sites excluding steroid dienone is 1. The van der Waals surface area contributed by atoms with Gasteiger partial charge in [0.25, 0.3) is 0 Å². The first-order chi connectivity index (χ1) is 16.3. The van der Waals surface area contributed by atoms with Gasteiger partial charge in [0.05, 0.1) is 0 Å². The molecule has 0 saturated heterocycles. The third-order valence-corrected chi connectivity index (χ3v) is 11.0. The van der Waals surface area contributed by atoms with Crippen molar-refractivity contribution in [2.75, 3.05) is 0 Å². The Morgan fingerprint density at radius 1 is 1.06 bits per heavy atom. The molecule has 0 heterocycles. The molecule has 0 aromatic rings. The molecule has 35 heavy (non-hydrogen) atoms. The average Bonchev–Trinajstić information content (AvgIpc) is 3.09. The van der Waals surface area contributed by atoms with Crippen LogP contribution >= 0.6 is 34.8 Å². The minimum absolute atomic E-state index is 0.206. The van der Waals surface area contributed by atoms with E-state index in [0.717, 1.165) is 54.8 Å². The Labute approximate surface area is 228 Å². The monoisotopic (exact) mass is 546 g/mol. The third kappa shape index (κ3) is 5.83. The molecule has 0 N–H and O–H groups in total. The predicted molar refractivity (Wildman–Crippen MR) is 145 cm³/mol. The van der Waals surface area contributed by atoms with Crippen LogP contribution < -0.4 is 0 Å². The van der Waals surface area contributed by atoms with E-state index in [9.17, 15) is 4.79 Å². The highest BCUT2D eigenvalue weighted by Crippen LogP contribution is 2.67. The summed E-state index contributed by atoms with van der Waals surface area (Å²) in [6, 6.07) is 0. The van der Waals surface area contributed by atoms with Gasteiger partial charge in [-0.3, -0.25) is 0 Å². The zero-order valence-electron chi connectivity index (χ0n) is 22.3. The summed E-state index contributed by atoms with van der Waals surface area (Å²) < 4.78 is 8.16. The molecule has 0 aromatic heterocycles. The average molecular weight is 548 g/mol. The Morgan fingerprint density at radius 2 is 1.80 bits per heavy atom. The van der Waals surface area contributed by atoms with Gasteiger partial charge in [0.1, 0.15) is 6.10 Å². The lowest BCUT2D eigenvalue weighted by atomic mass is 9.47. The quantitative estimate of drug-likeness (QED) is 0.188. The van der Waals surface area contributed by atoms with E-state index >= 15 is 0 Å². The number of halogens is 3. The van der Waals surface area contributed by atoms with Crippen LogP contribution in [-0.2, 0) is 9.47 Å². The molecule has 8 unspecified atom stereocenters. The van der Waals surface area contributed by atoms with Crippen molar-refractivity contribution in [3.05, 3.63) is 11.6 Å². The molecule has 3 nitrogen and oxygen atoms in total. The predicted octanol–water partition coefficient (Wildman–Crippen LogP) is 9.88. The molecule has 4 rings (SSSR count). The highest BCUT2D eigenvalue weighted by atomic mass is 35.6. The molecule has 8 atom stereocenters. The van der Waals surface area contributed by atoms with Crippen molar-refractivity contribution in [2.24, 2.45) is 46.3 Å². The first-order valence-electron chi connectivity index (χ1n) is 14.0. The minimum Gasteiger partial charge on any atom is -0.431 e. The van der Waals surface area contributed by atoms with Crippen LogP contribution in [0.15, 0.2) is 11.6 Å². The Hall–Kier alpha value is -0.120. The standard InChI is InChI=1S/C29H45Cl3O3/c1-18(2)7-6-8-19(3)23-11-12-24-22-10-9-20-17-21(34-26(33)35-29(30,31)32)13-15-27(20,4)25(22)14-16-28(23,24)5/h9,18-19,21-25H,6-8,10-17H2,1-5H3. The van der Waals surface area contributed by atoms with Gasteiger partial charge in [-0.1, -0.05) is 65.5 Å². The van der Waals surface area contributed by atoms with E-state index in [4.69, 9.17) is 44.3 Å². The molecule has 200 valence electrons. The van der Waals surface area contributed by atoms with E-state index in [-0.39, 0.29) is 11.5 Å². The molecule has 4 aliphatic carbocycles. The second kappa shape index (κ2) is 10.6. The largest absolute Gasteiger partial charge is 0.512 e. The maximum atomic E-state index is 12.0. The maximum Gasteiger partial charge on any atom is 0.512 e. The van der Waals surface area contributed by atoms with Crippen molar-refractivity contribution in [1.82, 2.24) is 0 Å². The summed E-state index contributed by atoms with van der Waals surface area (Å²) in [7, 11) is 0. The summed E-state index contributed by atoms with van der Waals surface area (Å²) in [6.45, 7) is 12.4. The molecule has 3 saturated carbocycles. The van der Waals surface area contributed by atoms with Gasteiger partial charge in [-0.05, 0) is 126 Å². The van der Waals surface area contributed by atoms with Crippen LogP contribution in [-0.4, -0.2) is 16.2 Å². The van der Waals surface area contributed by atoms with E-state index in [2.05, 4.69) is 40.7 Å². The van der Waals surface area contributed by atoms with Crippen LogP contribution in [0.2, 0.25) is 0 Å². The molecule has 0 amide bonds. The lowest BCUT2D eigenvalue weighted by molar-refractivity contribution is -0.0618. The van der Waals surface area contributed by atoms with Gasteiger partial charge < -0.3 is 9.47 Å². The molecule has 3 fully saturated rings. The summed E-state index contributed by atoms with van der Waals surface area (Å²) in [5.74, 6) is 4.92. The highest BCUT2D eigenvalue weighted by molar-refractivity contribution is 6.66. The van der Waals surface area contributed by atoms with Crippen molar-refractivity contribution in [2.45, 2.75) is 115 Å². The Bertz CT molecular complexity index is 805. The van der Waals surface area contributed by atoms with Crippen molar-refractivity contribution < 1.29 is 14.3 Å². The SMILES string of the molecule is CC(C)CCCC(C)C1CCC2C3CC=C4CC(OC(=O)OC(Cl)(Cl)Cl)CCC4(C)C3CCC12C. The van der Waals surface area contributed by atoms with Crippen molar-refractivity contribution >= 4 is 41.0 Å². The summed E-state index contributed by atoms with van der Waals surface area (Å²) in [5, 5.41) is 0. The van der Waals surface area contributed by atoms with E-state index in [1.807, 2.05) is 0 Å². The fourth-order valence-electron chi connectivity index (χ4n) is 9.01.